The lowest BCUT2D eigenvalue weighted by molar-refractivity contribution is -0.178. The number of carbonyl (C=O) groups excluding carboxylic acids is 4. The van der Waals surface area contributed by atoms with Gasteiger partial charge in [-0.05, 0) is 43.4 Å². The normalized spacial score (nSPS) is 23.6. The van der Waals surface area contributed by atoms with Gasteiger partial charge in [0.1, 0.15) is 12.1 Å². The van der Waals surface area contributed by atoms with Gasteiger partial charge in [0.05, 0.1) is 5.41 Å². The number of cyclic esters (lactones) is 2. The van der Waals surface area contributed by atoms with E-state index in [-0.39, 0.29) is 37.6 Å². The minimum Gasteiger partial charge on any atom is -0.459 e. The molecule has 2 amide bonds. The standard InChI is InChI=1S/C35H44N2O6/c1-24(2)21-30-33(40)42-29(25(3)19-20-26-13-8-6-9-14-26)17-12-18-31(38)37-28(22-27-15-10-7-11-16-27)32(39)36-23-35(4,5)34(41)43-30/h6-16,18-20,24-25,28-30H,17,21-23H2,1-5H3,(H,36,39)(H,37,38)/b18-12+,20-19+/t25-,28-,29+,30+/m1/s1. The van der Waals surface area contributed by atoms with Crippen LogP contribution >= 0.6 is 0 Å². The fraction of sp³-hybridized carbons (Fsp3) is 0.429. The lowest BCUT2D eigenvalue weighted by Crippen LogP contribution is -2.51. The maximum Gasteiger partial charge on any atom is 0.347 e. The highest BCUT2D eigenvalue weighted by atomic mass is 16.6. The first kappa shape index (κ1) is 33.3. The number of benzene rings is 2. The van der Waals surface area contributed by atoms with E-state index in [4.69, 9.17) is 9.47 Å². The second kappa shape index (κ2) is 15.9. The highest BCUT2D eigenvalue weighted by molar-refractivity contribution is 5.93. The average Bonchev–Trinajstić information content (AvgIpc) is 2.97. The highest BCUT2D eigenvalue weighted by Crippen LogP contribution is 2.23. The van der Waals surface area contributed by atoms with Crippen LogP contribution in [-0.4, -0.2) is 48.5 Å². The monoisotopic (exact) mass is 588 g/mol. The molecule has 0 fully saturated rings. The summed E-state index contributed by atoms with van der Waals surface area (Å²) in [5.41, 5.74) is 0.733. The lowest BCUT2D eigenvalue weighted by atomic mass is 9.93. The zero-order valence-electron chi connectivity index (χ0n) is 25.7. The third kappa shape index (κ3) is 10.9. The van der Waals surface area contributed by atoms with Gasteiger partial charge in [0.25, 0.3) is 0 Å². The third-order valence-corrected chi connectivity index (χ3v) is 7.25. The first-order valence-electron chi connectivity index (χ1n) is 14.9. The van der Waals surface area contributed by atoms with Crippen LogP contribution in [-0.2, 0) is 35.1 Å². The molecule has 4 atom stereocenters. The van der Waals surface area contributed by atoms with E-state index in [9.17, 15) is 19.2 Å². The number of rotatable bonds is 7. The van der Waals surface area contributed by atoms with Crippen LogP contribution in [0.15, 0.2) is 78.9 Å². The van der Waals surface area contributed by atoms with Crippen LogP contribution in [0.4, 0.5) is 0 Å². The lowest BCUT2D eigenvalue weighted by Gasteiger charge is -2.29. The van der Waals surface area contributed by atoms with Crippen LogP contribution in [0.5, 0.6) is 0 Å². The molecule has 8 nitrogen and oxygen atoms in total. The molecule has 2 N–H and O–H groups in total. The van der Waals surface area contributed by atoms with Crippen molar-refractivity contribution < 1.29 is 28.7 Å². The summed E-state index contributed by atoms with van der Waals surface area (Å²) < 4.78 is 11.7. The minimum atomic E-state index is -1.14. The van der Waals surface area contributed by atoms with E-state index in [2.05, 4.69) is 10.6 Å². The Hall–Kier alpha value is -4.20. The fourth-order valence-corrected chi connectivity index (χ4v) is 4.55. The Bertz CT molecular complexity index is 1290. The molecule has 43 heavy (non-hydrogen) atoms. The summed E-state index contributed by atoms with van der Waals surface area (Å²) in [7, 11) is 0. The van der Waals surface area contributed by atoms with E-state index in [0.717, 1.165) is 11.1 Å². The number of esters is 2. The van der Waals surface area contributed by atoms with E-state index < -0.39 is 47.4 Å². The maximum atomic E-state index is 13.4. The first-order valence-corrected chi connectivity index (χ1v) is 14.9. The van der Waals surface area contributed by atoms with E-state index in [1.165, 1.54) is 6.08 Å². The van der Waals surface area contributed by atoms with Gasteiger partial charge >= 0.3 is 11.9 Å². The Labute approximate surface area is 254 Å². The molecule has 1 aliphatic rings. The molecule has 0 aromatic heterocycles. The van der Waals surface area contributed by atoms with Crippen molar-refractivity contribution in [3.05, 3.63) is 90.0 Å². The number of hydrogen-bond donors (Lipinski definition) is 2. The molecule has 0 spiro atoms. The summed E-state index contributed by atoms with van der Waals surface area (Å²) >= 11 is 0. The van der Waals surface area contributed by atoms with Crippen molar-refractivity contribution in [1.82, 2.24) is 10.6 Å². The molecule has 3 rings (SSSR count). The van der Waals surface area contributed by atoms with Crippen LogP contribution in [0.1, 0.15) is 58.6 Å². The SMILES string of the molecule is CC(C)C[C@@H]1OC(=O)C(C)(C)CNC(=O)[C@@H](Cc2ccccc2)NC(=O)/C=C/C[C@@H]([C@H](C)/C=C/c2ccccc2)OC1=O. The second-order valence-electron chi connectivity index (χ2n) is 12.1. The molecule has 0 bridgehead atoms. The van der Waals surface area contributed by atoms with E-state index in [1.807, 2.05) is 93.6 Å². The Balaban J connectivity index is 1.92. The second-order valence-corrected chi connectivity index (χ2v) is 12.1. The van der Waals surface area contributed by atoms with E-state index in [0.29, 0.717) is 0 Å². The van der Waals surface area contributed by atoms with Crippen molar-refractivity contribution in [3.63, 3.8) is 0 Å². The van der Waals surface area contributed by atoms with Crippen LogP contribution in [0, 0.1) is 17.3 Å². The first-order chi connectivity index (χ1) is 20.4. The number of carbonyl (C=O) groups is 4. The van der Waals surface area contributed by atoms with E-state index >= 15 is 0 Å². The Morgan fingerprint density at radius 2 is 1.58 bits per heavy atom. The van der Waals surface area contributed by atoms with Crippen molar-refractivity contribution in [2.24, 2.45) is 17.3 Å². The molecule has 8 heteroatoms. The molecule has 1 aliphatic heterocycles. The van der Waals surface area contributed by atoms with Crippen molar-refractivity contribution in [2.45, 2.75) is 72.1 Å². The largest absolute Gasteiger partial charge is 0.459 e. The maximum absolute atomic E-state index is 13.4. The summed E-state index contributed by atoms with van der Waals surface area (Å²) in [6, 6.07) is 18.3. The molecular weight excluding hydrogens is 544 g/mol. The van der Waals surface area contributed by atoms with Gasteiger partial charge in [-0.25, -0.2) is 4.79 Å². The predicted molar refractivity (Wildman–Crippen MR) is 166 cm³/mol. The van der Waals surface area contributed by atoms with E-state index in [1.54, 1.807) is 19.9 Å². The highest BCUT2D eigenvalue weighted by Gasteiger charge is 2.36. The average molecular weight is 589 g/mol. The summed E-state index contributed by atoms with van der Waals surface area (Å²) in [5, 5.41) is 5.58. The number of hydrogen-bond acceptors (Lipinski definition) is 6. The van der Waals surface area contributed by atoms with Crippen LogP contribution in [0.2, 0.25) is 0 Å². The fourth-order valence-electron chi connectivity index (χ4n) is 4.55. The molecule has 0 unspecified atom stereocenters. The molecule has 0 saturated carbocycles. The van der Waals surface area contributed by atoms with Crippen LogP contribution in [0.25, 0.3) is 6.08 Å². The summed E-state index contributed by atoms with van der Waals surface area (Å²) in [5.74, 6) is -2.31. The zero-order chi connectivity index (χ0) is 31.4. The topological polar surface area (TPSA) is 111 Å². The van der Waals surface area contributed by atoms with Gasteiger partial charge in [-0.15, -0.1) is 0 Å². The number of ether oxygens (including phenoxy) is 2. The molecule has 2 aromatic rings. The van der Waals surface area contributed by atoms with Gasteiger partial charge in [-0.1, -0.05) is 99.7 Å². The molecule has 0 radical (unpaired) electrons. The van der Waals surface area contributed by atoms with Gasteiger partial charge in [0.15, 0.2) is 6.10 Å². The molecule has 2 aromatic carbocycles. The zero-order valence-corrected chi connectivity index (χ0v) is 25.7. The van der Waals surface area contributed by atoms with Gasteiger partial charge < -0.3 is 20.1 Å². The quantitative estimate of drug-likeness (QED) is 0.439. The van der Waals surface area contributed by atoms with Gasteiger partial charge in [0.2, 0.25) is 11.8 Å². The van der Waals surface area contributed by atoms with Crippen molar-refractivity contribution in [1.29, 1.82) is 0 Å². The molecular formula is C35H44N2O6. The van der Waals surface area contributed by atoms with Crippen molar-refractivity contribution >= 4 is 29.8 Å². The molecule has 230 valence electrons. The Morgan fingerprint density at radius 3 is 2.23 bits per heavy atom. The van der Waals surface area contributed by atoms with Gasteiger partial charge in [0, 0.05) is 25.3 Å². The Kier molecular flexibility index (Phi) is 12.3. The third-order valence-electron chi connectivity index (χ3n) is 7.25. The van der Waals surface area contributed by atoms with Crippen molar-refractivity contribution in [3.8, 4) is 0 Å². The van der Waals surface area contributed by atoms with Crippen LogP contribution < -0.4 is 10.6 Å². The summed E-state index contributed by atoms with van der Waals surface area (Å²) in [6.07, 6.45) is 5.96. The smallest absolute Gasteiger partial charge is 0.347 e. The van der Waals surface area contributed by atoms with Crippen LogP contribution in [0.3, 0.4) is 0 Å². The predicted octanol–water partition coefficient (Wildman–Crippen LogP) is 5.04. The molecule has 1 heterocycles. The van der Waals surface area contributed by atoms with Gasteiger partial charge in [-0.3, -0.25) is 14.4 Å². The minimum absolute atomic E-state index is 0.0466. The summed E-state index contributed by atoms with van der Waals surface area (Å²) in [6.45, 7) is 9.03. The number of nitrogens with one attached hydrogen (secondary N) is 2. The molecule has 0 aliphatic carbocycles. The van der Waals surface area contributed by atoms with Gasteiger partial charge in [-0.2, -0.15) is 0 Å². The van der Waals surface area contributed by atoms with Crippen molar-refractivity contribution in [2.75, 3.05) is 6.54 Å². The number of amides is 2. The Morgan fingerprint density at radius 1 is 0.930 bits per heavy atom. The summed E-state index contributed by atoms with van der Waals surface area (Å²) in [4.78, 5) is 52.9. The molecule has 0 saturated heterocycles.